The van der Waals surface area contributed by atoms with Gasteiger partial charge >= 0.3 is 0 Å². The molecule has 0 aliphatic carbocycles. The molecule has 6 aromatic rings. The largest absolute Gasteiger partial charge is 0.494 e. The number of hydrogen-bond acceptors (Lipinski definition) is 10. The highest BCUT2D eigenvalue weighted by atomic mass is 32.1. The van der Waals surface area contributed by atoms with Crippen LogP contribution in [0.2, 0.25) is 0 Å². The summed E-state index contributed by atoms with van der Waals surface area (Å²) in [5.74, 6) is 1.46. The second-order valence-electron chi connectivity index (χ2n) is 12.4. The summed E-state index contributed by atoms with van der Waals surface area (Å²) >= 11 is 3.26. The molecule has 0 spiro atoms. The van der Waals surface area contributed by atoms with E-state index in [2.05, 4.69) is 23.9 Å². The highest BCUT2D eigenvalue weighted by Crippen LogP contribution is 2.28. The molecule has 0 saturated carbocycles. The summed E-state index contributed by atoms with van der Waals surface area (Å²) in [6.07, 6.45) is 1.76. The zero-order valence-corrected chi connectivity index (χ0v) is 30.4. The van der Waals surface area contributed by atoms with Crippen LogP contribution in [0.25, 0.3) is 40.3 Å². The average molecular weight is 713 g/mol. The minimum absolute atomic E-state index is 0.0595. The Kier molecular flexibility index (Phi) is 12.8. The van der Waals surface area contributed by atoms with Crippen LogP contribution in [0.1, 0.15) is 12.8 Å². The van der Waals surface area contributed by atoms with Gasteiger partial charge in [0, 0.05) is 66.5 Å². The Hall–Kier alpha value is -3.90. The van der Waals surface area contributed by atoms with Crippen LogP contribution in [-0.4, -0.2) is 89.7 Å². The van der Waals surface area contributed by atoms with Gasteiger partial charge in [-0.15, -0.1) is 22.7 Å². The molecule has 4 aromatic carbocycles. The number of hydrogen-bond donors (Lipinski definition) is 0. The van der Waals surface area contributed by atoms with Crippen LogP contribution < -0.4 is 20.3 Å². The first-order chi connectivity index (χ1) is 24.5. The van der Waals surface area contributed by atoms with Crippen LogP contribution in [0.15, 0.2) is 94.5 Å². The third kappa shape index (κ3) is 9.45. The van der Waals surface area contributed by atoms with E-state index < -0.39 is 0 Å². The van der Waals surface area contributed by atoms with Crippen molar-refractivity contribution in [2.24, 2.45) is 0 Å². The lowest BCUT2D eigenvalue weighted by Gasteiger charge is -2.18. The molecule has 262 valence electrons. The minimum atomic E-state index is 0.0595. The van der Waals surface area contributed by atoms with Crippen LogP contribution in [0.4, 0.5) is 0 Å². The first kappa shape index (κ1) is 35.9. The van der Waals surface area contributed by atoms with Gasteiger partial charge in [0.25, 0.3) is 0 Å². The van der Waals surface area contributed by atoms with Crippen molar-refractivity contribution in [3.63, 3.8) is 0 Å². The van der Waals surface area contributed by atoms with Crippen molar-refractivity contribution in [3.05, 3.63) is 105 Å². The number of benzene rings is 4. The summed E-state index contributed by atoms with van der Waals surface area (Å²) in [6, 6.07) is 27.1. The molecule has 0 aliphatic heterocycles. The molecule has 2 aromatic heterocycles. The molecule has 8 nitrogen and oxygen atoms in total. The topological polar surface area (TPSA) is 77.5 Å². The lowest BCUT2D eigenvalue weighted by Crippen LogP contribution is -2.27. The molecule has 6 rings (SSSR count). The Bertz CT molecular complexity index is 2000. The summed E-state index contributed by atoms with van der Waals surface area (Å²) in [6.45, 7) is 7.08. The smallest absolute Gasteiger partial charge is 0.196 e. The van der Waals surface area contributed by atoms with Gasteiger partial charge in [-0.3, -0.25) is 9.59 Å². The average Bonchev–Trinajstić information content (AvgIpc) is 3.13. The van der Waals surface area contributed by atoms with E-state index in [1.54, 1.807) is 22.7 Å². The van der Waals surface area contributed by atoms with Crippen molar-refractivity contribution < 1.29 is 18.9 Å². The van der Waals surface area contributed by atoms with Crippen molar-refractivity contribution in [2.75, 3.05) is 79.9 Å². The standard InChI is InChI=1S/C40H44N2O6S2/c1-41(17-7-21-47-29-13-15-37-33(27-29)39(43)31-9-3-5-11-35(31)49-37)19-23-45-25-26-46-24-20-42(2)18-8-22-48-30-14-16-38-34(28-30)40(44)32-10-4-6-12-36(32)50-38/h3-6,9-16,27-28H,7-8,17-26H2,1-2H3. The van der Waals surface area contributed by atoms with Gasteiger partial charge in [0.15, 0.2) is 10.9 Å². The molecule has 50 heavy (non-hydrogen) atoms. The summed E-state index contributed by atoms with van der Waals surface area (Å²) in [5, 5.41) is 2.95. The van der Waals surface area contributed by atoms with Gasteiger partial charge in [0.1, 0.15) is 11.5 Å². The van der Waals surface area contributed by atoms with Gasteiger partial charge in [-0.2, -0.15) is 0 Å². The molecule has 0 amide bonds. The lowest BCUT2D eigenvalue weighted by atomic mass is 10.2. The van der Waals surface area contributed by atoms with E-state index in [-0.39, 0.29) is 10.9 Å². The minimum Gasteiger partial charge on any atom is -0.494 e. The highest BCUT2D eigenvalue weighted by molar-refractivity contribution is 7.24. The number of rotatable bonds is 19. The van der Waals surface area contributed by atoms with Gasteiger partial charge in [-0.25, -0.2) is 0 Å². The third-order valence-corrected chi connectivity index (χ3v) is 10.9. The Labute approximate surface area is 300 Å². The van der Waals surface area contributed by atoms with E-state index in [1.807, 2.05) is 84.9 Å². The molecule has 0 unspecified atom stereocenters. The highest BCUT2D eigenvalue weighted by Gasteiger charge is 2.09. The molecule has 10 heteroatoms. The fourth-order valence-corrected chi connectivity index (χ4v) is 7.88. The Balaban J connectivity index is 0.776. The Morgan fingerprint density at radius 2 is 0.900 bits per heavy atom. The lowest BCUT2D eigenvalue weighted by molar-refractivity contribution is 0.0345. The molecule has 0 saturated heterocycles. The SMILES string of the molecule is CN(CCCOc1ccc2sc3ccccc3c(=O)c2c1)CCOCCOCCN(C)CCCOc1ccc2sc3ccccc3c(=O)c2c1. The van der Waals surface area contributed by atoms with Crippen LogP contribution >= 0.6 is 22.7 Å². The maximum atomic E-state index is 12.9. The number of likely N-dealkylation sites (N-methyl/N-ethyl adjacent to an activating group) is 2. The maximum absolute atomic E-state index is 12.9. The molecule has 0 N–H and O–H groups in total. The predicted octanol–water partition coefficient (Wildman–Crippen LogP) is 7.28. The first-order valence-electron chi connectivity index (χ1n) is 17.2. The van der Waals surface area contributed by atoms with Crippen molar-refractivity contribution in [1.29, 1.82) is 0 Å². The van der Waals surface area contributed by atoms with E-state index >= 15 is 0 Å². The second-order valence-corrected chi connectivity index (χ2v) is 14.6. The molecule has 0 fully saturated rings. The van der Waals surface area contributed by atoms with Crippen LogP contribution in [0, 0.1) is 0 Å². The monoisotopic (exact) mass is 712 g/mol. The van der Waals surface area contributed by atoms with Crippen LogP contribution in [0.3, 0.4) is 0 Å². The Morgan fingerprint density at radius 3 is 1.36 bits per heavy atom. The van der Waals surface area contributed by atoms with E-state index in [0.29, 0.717) is 50.4 Å². The summed E-state index contributed by atoms with van der Waals surface area (Å²) in [7, 11) is 4.16. The zero-order chi connectivity index (χ0) is 34.7. The third-order valence-electron chi connectivity index (χ3n) is 8.61. The molecular weight excluding hydrogens is 669 g/mol. The fraction of sp³-hybridized carbons (Fsp3) is 0.350. The molecular formula is C40H44N2O6S2. The van der Waals surface area contributed by atoms with Gasteiger partial charge < -0.3 is 28.7 Å². The van der Waals surface area contributed by atoms with Crippen molar-refractivity contribution in [2.45, 2.75) is 12.8 Å². The van der Waals surface area contributed by atoms with E-state index in [9.17, 15) is 9.59 Å². The first-order valence-corrected chi connectivity index (χ1v) is 18.8. The normalized spacial score (nSPS) is 11.8. The predicted molar refractivity (Wildman–Crippen MR) is 208 cm³/mol. The van der Waals surface area contributed by atoms with E-state index in [0.717, 1.165) is 80.1 Å². The second kappa shape index (κ2) is 17.8. The summed E-state index contributed by atoms with van der Waals surface area (Å²) < 4.78 is 27.5. The van der Waals surface area contributed by atoms with Crippen molar-refractivity contribution in [1.82, 2.24) is 9.80 Å². The summed E-state index contributed by atoms with van der Waals surface area (Å²) in [4.78, 5) is 30.3. The van der Waals surface area contributed by atoms with Gasteiger partial charge in [0.05, 0.1) is 39.6 Å². The molecule has 2 heterocycles. The number of fused-ring (bicyclic) bond motifs is 4. The van der Waals surface area contributed by atoms with Crippen LogP contribution in [0.5, 0.6) is 11.5 Å². The van der Waals surface area contributed by atoms with Crippen molar-refractivity contribution in [3.8, 4) is 11.5 Å². The van der Waals surface area contributed by atoms with Gasteiger partial charge in [-0.1, -0.05) is 24.3 Å². The van der Waals surface area contributed by atoms with Gasteiger partial charge in [0.2, 0.25) is 0 Å². The van der Waals surface area contributed by atoms with E-state index in [1.165, 1.54) is 0 Å². The van der Waals surface area contributed by atoms with Gasteiger partial charge in [-0.05, 0) is 87.6 Å². The zero-order valence-electron chi connectivity index (χ0n) is 28.7. The van der Waals surface area contributed by atoms with E-state index in [4.69, 9.17) is 18.9 Å². The quantitative estimate of drug-likeness (QED) is 0.0641. The molecule has 0 radical (unpaired) electrons. The van der Waals surface area contributed by atoms with Crippen molar-refractivity contribution >= 4 is 63.0 Å². The fourth-order valence-electron chi connectivity index (χ4n) is 5.78. The van der Waals surface area contributed by atoms with Crippen LogP contribution in [-0.2, 0) is 9.47 Å². The molecule has 0 bridgehead atoms. The maximum Gasteiger partial charge on any atom is 0.196 e. The molecule has 0 atom stereocenters. The molecule has 0 aliphatic rings. The Morgan fingerprint density at radius 1 is 0.480 bits per heavy atom. The number of ether oxygens (including phenoxy) is 4. The summed E-state index contributed by atoms with van der Waals surface area (Å²) in [5.41, 5.74) is 0.119. The number of nitrogens with zero attached hydrogens (tertiary/aromatic N) is 2.